The fourth-order valence-corrected chi connectivity index (χ4v) is 1.95. The van der Waals surface area contributed by atoms with Crippen molar-refractivity contribution in [1.29, 1.82) is 0 Å². The summed E-state index contributed by atoms with van der Waals surface area (Å²) in [5.74, 6) is 0.541. The molecule has 1 N–H and O–H groups in total. The first kappa shape index (κ1) is 14.2. The van der Waals surface area contributed by atoms with Gasteiger partial charge in [-0.3, -0.25) is 4.79 Å². The van der Waals surface area contributed by atoms with Crippen molar-refractivity contribution in [2.45, 2.75) is 38.5 Å². The number of hydrogen-bond donors (Lipinski definition) is 1. The maximum atomic E-state index is 10.4. The number of aromatic nitrogens is 2. The lowest BCUT2D eigenvalue weighted by atomic mass is 10.1. The standard InChI is InChI=1S/C15H18N2O3/c18-15(19)9-5-4-8-14-16-13(17-20-14)11-10-12-6-2-1-3-7-12/h1-3,6-7H,4-5,8-11H2,(H,18,19). The van der Waals surface area contributed by atoms with E-state index in [1.54, 1.807) is 0 Å². The number of nitrogens with zero attached hydrogens (tertiary/aromatic N) is 2. The second-order valence-corrected chi connectivity index (χ2v) is 4.69. The zero-order valence-electron chi connectivity index (χ0n) is 11.3. The van der Waals surface area contributed by atoms with Gasteiger partial charge in [0.05, 0.1) is 0 Å². The highest BCUT2D eigenvalue weighted by Crippen LogP contribution is 2.08. The van der Waals surface area contributed by atoms with Crippen LogP contribution in [-0.4, -0.2) is 21.2 Å². The molecule has 0 aliphatic rings. The van der Waals surface area contributed by atoms with E-state index in [-0.39, 0.29) is 6.42 Å². The Kier molecular flexibility index (Phi) is 5.29. The van der Waals surface area contributed by atoms with Gasteiger partial charge in [-0.25, -0.2) is 0 Å². The van der Waals surface area contributed by atoms with Crippen molar-refractivity contribution in [3.05, 3.63) is 47.6 Å². The van der Waals surface area contributed by atoms with Gasteiger partial charge < -0.3 is 9.63 Å². The molecule has 2 aromatic rings. The number of rotatable bonds is 8. The van der Waals surface area contributed by atoms with Crippen molar-refractivity contribution in [1.82, 2.24) is 10.1 Å². The Morgan fingerprint density at radius 1 is 1.10 bits per heavy atom. The van der Waals surface area contributed by atoms with Crippen molar-refractivity contribution in [3.63, 3.8) is 0 Å². The second kappa shape index (κ2) is 7.43. The quantitative estimate of drug-likeness (QED) is 0.749. The van der Waals surface area contributed by atoms with Gasteiger partial charge in [-0.05, 0) is 24.8 Å². The van der Waals surface area contributed by atoms with Gasteiger partial charge >= 0.3 is 5.97 Å². The summed E-state index contributed by atoms with van der Waals surface area (Å²) in [6.45, 7) is 0. The molecule has 1 heterocycles. The van der Waals surface area contributed by atoms with E-state index < -0.39 is 5.97 Å². The van der Waals surface area contributed by atoms with E-state index in [9.17, 15) is 4.79 Å². The van der Waals surface area contributed by atoms with Gasteiger partial charge in [0.1, 0.15) is 0 Å². The molecule has 0 unspecified atom stereocenters. The number of hydrogen-bond acceptors (Lipinski definition) is 4. The Balaban J connectivity index is 1.73. The first-order chi connectivity index (χ1) is 9.74. The summed E-state index contributed by atoms with van der Waals surface area (Å²) in [5, 5.41) is 12.5. The Morgan fingerprint density at radius 2 is 1.90 bits per heavy atom. The van der Waals surface area contributed by atoms with Gasteiger partial charge in [-0.15, -0.1) is 0 Å². The van der Waals surface area contributed by atoms with Crippen LogP contribution in [0.4, 0.5) is 0 Å². The highest BCUT2D eigenvalue weighted by Gasteiger charge is 2.07. The minimum atomic E-state index is -0.765. The average Bonchev–Trinajstić information content (AvgIpc) is 2.90. The number of benzene rings is 1. The third kappa shape index (κ3) is 4.84. The van der Waals surface area contributed by atoms with E-state index in [1.807, 2.05) is 18.2 Å². The fraction of sp³-hybridized carbons (Fsp3) is 0.400. The SMILES string of the molecule is O=C(O)CCCCc1nc(CCc2ccccc2)no1. The monoisotopic (exact) mass is 274 g/mol. The molecular formula is C15H18N2O3. The van der Waals surface area contributed by atoms with E-state index in [1.165, 1.54) is 5.56 Å². The highest BCUT2D eigenvalue weighted by atomic mass is 16.5. The van der Waals surface area contributed by atoms with Crippen molar-refractivity contribution < 1.29 is 14.4 Å². The summed E-state index contributed by atoms with van der Waals surface area (Å²) in [7, 11) is 0. The van der Waals surface area contributed by atoms with Crippen molar-refractivity contribution in [3.8, 4) is 0 Å². The van der Waals surface area contributed by atoms with E-state index in [2.05, 4.69) is 22.3 Å². The number of aliphatic carboxylic acids is 1. The van der Waals surface area contributed by atoms with E-state index >= 15 is 0 Å². The van der Waals surface area contributed by atoms with Gasteiger partial charge in [0.25, 0.3) is 0 Å². The van der Waals surface area contributed by atoms with Crippen LogP contribution in [0.1, 0.15) is 36.5 Å². The number of carbonyl (C=O) groups is 1. The molecule has 0 aliphatic carbocycles. The van der Waals surface area contributed by atoms with E-state index in [0.29, 0.717) is 24.6 Å². The van der Waals surface area contributed by atoms with Crippen molar-refractivity contribution in [2.75, 3.05) is 0 Å². The molecule has 0 spiro atoms. The largest absolute Gasteiger partial charge is 0.481 e. The lowest BCUT2D eigenvalue weighted by Crippen LogP contribution is -1.96. The van der Waals surface area contributed by atoms with Gasteiger partial charge in [0, 0.05) is 19.3 Å². The fourth-order valence-electron chi connectivity index (χ4n) is 1.95. The van der Waals surface area contributed by atoms with Crippen LogP contribution in [0.2, 0.25) is 0 Å². The summed E-state index contributed by atoms with van der Waals surface area (Å²) in [6, 6.07) is 10.2. The minimum Gasteiger partial charge on any atom is -0.481 e. The molecule has 0 amide bonds. The van der Waals surface area contributed by atoms with Crippen LogP contribution in [0.15, 0.2) is 34.9 Å². The number of unbranched alkanes of at least 4 members (excludes halogenated alkanes) is 1. The van der Waals surface area contributed by atoms with Crippen LogP contribution >= 0.6 is 0 Å². The molecule has 0 bridgehead atoms. The highest BCUT2D eigenvalue weighted by molar-refractivity contribution is 5.66. The van der Waals surface area contributed by atoms with Crippen LogP contribution in [0.3, 0.4) is 0 Å². The van der Waals surface area contributed by atoms with Crippen LogP contribution < -0.4 is 0 Å². The molecule has 106 valence electrons. The molecule has 1 aromatic carbocycles. The molecule has 1 aromatic heterocycles. The lowest BCUT2D eigenvalue weighted by molar-refractivity contribution is -0.137. The Bertz CT molecular complexity index is 537. The Morgan fingerprint density at radius 3 is 2.65 bits per heavy atom. The molecule has 20 heavy (non-hydrogen) atoms. The van der Waals surface area contributed by atoms with Crippen LogP contribution in [-0.2, 0) is 24.1 Å². The molecular weight excluding hydrogens is 256 g/mol. The molecule has 0 fully saturated rings. The number of aryl methyl sites for hydroxylation is 3. The molecule has 0 saturated heterocycles. The predicted molar refractivity (Wildman–Crippen MR) is 73.3 cm³/mol. The molecule has 2 rings (SSSR count). The predicted octanol–water partition coefficient (Wildman–Crippen LogP) is 2.65. The van der Waals surface area contributed by atoms with Gasteiger partial charge in [0.2, 0.25) is 5.89 Å². The summed E-state index contributed by atoms with van der Waals surface area (Å²) < 4.78 is 5.15. The van der Waals surface area contributed by atoms with Gasteiger partial charge in [-0.2, -0.15) is 4.98 Å². The Labute approximate surface area is 117 Å². The topological polar surface area (TPSA) is 76.2 Å². The number of carboxylic acids is 1. The summed E-state index contributed by atoms with van der Waals surface area (Å²) in [5.41, 5.74) is 1.25. The lowest BCUT2D eigenvalue weighted by Gasteiger charge is -1.96. The molecule has 0 aliphatic heterocycles. The smallest absolute Gasteiger partial charge is 0.303 e. The third-order valence-electron chi connectivity index (χ3n) is 3.02. The molecule has 5 heteroatoms. The zero-order chi connectivity index (χ0) is 14.2. The van der Waals surface area contributed by atoms with Crippen LogP contribution in [0.25, 0.3) is 0 Å². The second-order valence-electron chi connectivity index (χ2n) is 4.69. The summed E-state index contributed by atoms with van der Waals surface area (Å²) >= 11 is 0. The van der Waals surface area contributed by atoms with Crippen molar-refractivity contribution in [2.24, 2.45) is 0 Å². The van der Waals surface area contributed by atoms with Crippen LogP contribution in [0.5, 0.6) is 0 Å². The molecule has 0 radical (unpaired) electrons. The summed E-state index contributed by atoms with van der Waals surface area (Å²) in [6.07, 6.45) is 3.87. The van der Waals surface area contributed by atoms with E-state index in [4.69, 9.17) is 9.63 Å². The first-order valence-electron chi connectivity index (χ1n) is 6.81. The van der Waals surface area contributed by atoms with Crippen molar-refractivity contribution >= 4 is 5.97 Å². The normalized spacial score (nSPS) is 10.6. The molecule has 0 atom stereocenters. The summed E-state index contributed by atoms with van der Waals surface area (Å²) in [4.78, 5) is 14.7. The first-order valence-corrected chi connectivity index (χ1v) is 6.81. The molecule has 0 saturated carbocycles. The maximum Gasteiger partial charge on any atom is 0.303 e. The van der Waals surface area contributed by atoms with E-state index in [0.717, 1.165) is 19.3 Å². The Hall–Kier alpha value is -2.17. The zero-order valence-corrected chi connectivity index (χ0v) is 11.3. The van der Waals surface area contributed by atoms with Gasteiger partial charge in [0.15, 0.2) is 5.82 Å². The maximum absolute atomic E-state index is 10.4. The minimum absolute atomic E-state index is 0.189. The molecule has 5 nitrogen and oxygen atoms in total. The average molecular weight is 274 g/mol. The van der Waals surface area contributed by atoms with Gasteiger partial charge in [-0.1, -0.05) is 35.5 Å². The third-order valence-corrected chi connectivity index (χ3v) is 3.02. The van der Waals surface area contributed by atoms with Crippen LogP contribution in [0, 0.1) is 0 Å². The number of carboxylic acid groups (broad SMARTS) is 1.